The number of unbranched alkanes of at least 4 members (excludes halogenated alkanes) is 6. The topological polar surface area (TPSA) is 152 Å². The summed E-state index contributed by atoms with van der Waals surface area (Å²) in [6, 6.07) is 0. The lowest BCUT2D eigenvalue weighted by molar-refractivity contribution is -0.305. The van der Waals surface area contributed by atoms with Crippen LogP contribution in [0.4, 0.5) is 0 Å². The zero-order valence-corrected chi connectivity index (χ0v) is 27.3. The van der Waals surface area contributed by atoms with Crippen molar-refractivity contribution < 1.29 is 49.0 Å². The van der Waals surface area contributed by atoms with E-state index in [0.29, 0.717) is 12.8 Å². The average Bonchev–Trinajstić information content (AvgIpc) is 3.03. The molecule has 10 nitrogen and oxygen atoms in total. The second-order valence-electron chi connectivity index (χ2n) is 11.2. The Morgan fingerprint density at radius 3 is 1.96 bits per heavy atom. The molecule has 3 unspecified atom stereocenters. The fraction of sp³-hybridized carbons (Fsp3) is 0.714. The first-order chi connectivity index (χ1) is 21.8. The van der Waals surface area contributed by atoms with Gasteiger partial charge in [-0.3, -0.25) is 9.59 Å². The third-order valence-corrected chi connectivity index (χ3v) is 7.22. The number of esters is 2. The van der Waals surface area contributed by atoms with Crippen LogP contribution in [0, 0.1) is 0 Å². The van der Waals surface area contributed by atoms with E-state index in [4.69, 9.17) is 18.9 Å². The Kier molecular flexibility index (Phi) is 24.3. The molecule has 0 amide bonds. The summed E-state index contributed by atoms with van der Waals surface area (Å²) < 4.78 is 21.7. The standard InChI is InChI=1S/C35H58O10/c1-3-5-7-9-11-12-13-14-15-16-18-20-22-24-31(38)44-28(26-42-30(37)23-21-19-17-10-8-6-4-2)27-43-35-34(41)33(40)32(39)29(25-36)45-35/h6,8,14-15,17-20,28-29,32-36,39-41H,3-5,7,9-13,16,21-27H2,1-2H3/b8-6+,15-14+,19-17+,20-18+/t28?,29-,32+,33?,34?,35-/m0/s1. The van der Waals surface area contributed by atoms with Crippen molar-refractivity contribution in [2.24, 2.45) is 0 Å². The molecule has 1 heterocycles. The smallest absolute Gasteiger partial charge is 0.306 e. The van der Waals surface area contributed by atoms with Crippen LogP contribution in [0.25, 0.3) is 0 Å². The van der Waals surface area contributed by atoms with Crippen molar-refractivity contribution in [1.29, 1.82) is 0 Å². The van der Waals surface area contributed by atoms with Gasteiger partial charge in [0, 0.05) is 12.8 Å². The van der Waals surface area contributed by atoms with E-state index in [-0.39, 0.29) is 26.1 Å². The Hall–Kier alpha value is -2.34. The van der Waals surface area contributed by atoms with E-state index in [1.807, 2.05) is 30.4 Å². The van der Waals surface area contributed by atoms with Crippen LogP contribution in [0.3, 0.4) is 0 Å². The quantitative estimate of drug-likeness (QED) is 0.0612. The van der Waals surface area contributed by atoms with Crippen molar-refractivity contribution in [3.05, 3.63) is 48.6 Å². The molecule has 4 N–H and O–H groups in total. The first-order valence-corrected chi connectivity index (χ1v) is 16.7. The van der Waals surface area contributed by atoms with E-state index < -0.39 is 55.4 Å². The number of aliphatic hydroxyl groups excluding tert-OH is 4. The molecule has 0 aliphatic carbocycles. The zero-order valence-electron chi connectivity index (χ0n) is 27.3. The van der Waals surface area contributed by atoms with E-state index in [2.05, 4.69) is 32.1 Å². The highest BCUT2D eigenvalue weighted by atomic mass is 16.7. The Morgan fingerprint density at radius 2 is 1.31 bits per heavy atom. The van der Waals surface area contributed by atoms with Crippen molar-refractivity contribution in [3.8, 4) is 0 Å². The largest absolute Gasteiger partial charge is 0.462 e. The van der Waals surface area contributed by atoms with Gasteiger partial charge in [0.2, 0.25) is 0 Å². The molecule has 1 aliphatic rings. The third kappa shape index (κ3) is 19.7. The van der Waals surface area contributed by atoms with Crippen molar-refractivity contribution in [1.82, 2.24) is 0 Å². The molecule has 45 heavy (non-hydrogen) atoms. The second kappa shape index (κ2) is 26.8. The van der Waals surface area contributed by atoms with Gasteiger partial charge in [-0.05, 0) is 44.9 Å². The van der Waals surface area contributed by atoms with E-state index >= 15 is 0 Å². The van der Waals surface area contributed by atoms with Crippen LogP contribution in [0.1, 0.15) is 104 Å². The highest BCUT2D eigenvalue weighted by Gasteiger charge is 2.44. The number of aliphatic hydroxyl groups is 4. The van der Waals surface area contributed by atoms with Gasteiger partial charge in [-0.15, -0.1) is 0 Å². The predicted octanol–water partition coefficient (Wildman–Crippen LogP) is 4.98. The van der Waals surface area contributed by atoms with Gasteiger partial charge in [0.25, 0.3) is 0 Å². The van der Waals surface area contributed by atoms with Crippen LogP contribution in [0.2, 0.25) is 0 Å². The zero-order chi connectivity index (χ0) is 33.1. The monoisotopic (exact) mass is 638 g/mol. The van der Waals surface area contributed by atoms with Gasteiger partial charge in [0.05, 0.1) is 13.2 Å². The molecule has 0 radical (unpaired) electrons. The Labute approximate surface area is 269 Å². The molecular formula is C35H58O10. The minimum Gasteiger partial charge on any atom is -0.462 e. The van der Waals surface area contributed by atoms with Gasteiger partial charge >= 0.3 is 11.9 Å². The summed E-state index contributed by atoms with van der Waals surface area (Å²) in [6.45, 7) is 3.09. The van der Waals surface area contributed by atoms with Gasteiger partial charge in [0.15, 0.2) is 12.4 Å². The number of allylic oxidation sites excluding steroid dienone is 8. The molecule has 0 aromatic carbocycles. The molecule has 0 bridgehead atoms. The lowest BCUT2D eigenvalue weighted by Crippen LogP contribution is -2.59. The van der Waals surface area contributed by atoms with Crippen LogP contribution in [-0.2, 0) is 28.5 Å². The summed E-state index contributed by atoms with van der Waals surface area (Å²) in [4.78, 5) is 24.8. The van der Waals surface area contributed by atoms with Gasteiger partial charge < -0.3 is 39.4 Å². The van der Waals surface area contributed by atoms with E-state index in [0.717, 1.165) is 25.7 Å². The number of ether oxygens (including phenoxy) is 4. The summed E-state index contributed by atoms with van der Waals surface area (Å²) in [5.41, 5.74) is 0. The van der Waals surface area contributed by atoms with E-state index in [1.165, 1.54) is 38.5 Å². The summed E-state index contributed by atoms with van der Waals surface area (Å²) in [5, 5.41) is 39.7. The van der Waals surface area contributed by atoms with Gasteiger partial charge in [-0.25, -0.2) is 0 Å². The number of hydrogen-bond donors (Lipinski definition) is 4. The minimum atomic E-state index is -1.61. The molecule has 0 aromatic heterocycles. The number of carbonyl (C=O) groups is 2. The summed E-state index contributed by atoms with van der Waals surface area (Å²) in [5.74, 6) is -0.982. The van der Waals surface area contributed by atoms with Crippen molar-refractivity contribution in [2.45, 2.75) is 141 Å². The maximum absolute atomic E-state index is 12.6. The third-order valence-electron chi connectivity index (χ3n) is 7.22. The van der Waals surface area contributed by atoms with Gasteiger partial charge in [0.1, 0.15) is 31.0 Å². The number of carbonyl (C=O) groups excluding carboxylic acids is 2. The van der Waals surface area contributed by atoms with Crippen molar-refractivity contribution in [3.63, 3.8) is 0 Å². The summed E-state index contributed by atoms with van der Waals surface area (Å²) in [7, 11) is 0. The molecular weight excluding hydrogens is 580 g/mol. The molecule has 1 aliphatic heterocycles. The molecule has 258 valence electrons. The lowest BCUT2D eigenvalue weighted by Gasteiger charge is -2.39. The maximum Gasteiger partial charge on any atom is 0.306 e. The molecule has 1 rings (SSSR count). The molecule has 0 spiro atoms. The first-order valence-electron chi connectivity index (χ1n) is 16.7. The second-order valence-corrected chi connectivity index (χ2v) is 11.2. The maximum atomic E-state index is 12.6. The van der Waals surface area contributed by atoms with Gasteiger partial charge in [-0.2, -0.15) is 0 Å². The molecule has 10 heteroatoms. The van der Waals surface area contributed by atoms with E-state index in [1.54, 1.807) is 0 Å². The molecule has 0 aromatic rings. The van der Waals surface area contributed by atoms with E-state index in [9.17, 15) is 30.0 Å². The Bertz CT molecular complexity index is 882. The highest BCUT2D eigenvalue weighted by Crippen LogP contribution is 2.22. The SMILES string of the molecule is CC/C=C/C/C=C/CCC(=O)OCC(CO[C@H]1O[C@@H](CO)[C@@H](O)C(O)C1O)OC(=O)CC/C=C/C/C=C/CCCCCCCC. The van der Waals surface area contributed by atoms with Crippen LogP contribution in [-0.4, -0.2) is 89.0 Å². The Morgan fingerprint density at radius 1 is 0.711 bits per heavy atom. The van der Waals surface area contributed by atoms with Crippen LogP contribution < -0.4 is 0 Å². The van der Waals surface area contributed by atoms with Crippen molar-refractivity contribution >= 4 is 11.9 Å². The first kappa shape index (κ1) is 40.7. The minimum absolute atomic E-state index is 0.111. The summed E-state index contributed by atoms with van der Waals surface area (Å²) >= 11 is 0. The van der Waals surface area contributed by atoms with Crippen LogP contribution in [0.15, 0.2) is 48.6 Å². The number of rotatable bonds is 25. The number of hydrogen-bond acceptors (Lipinski definition) is 10. The average molecular weight is 639 g/mol. The molecule has 1 saturated heterocycles. The molecule has 0 saturated carbocycles. The van der Waals surface area contributed by atoms with Crippen molar-refractivity contribution in [2.75, 3.05) is 19.8 Å². The fourth-order valence-corrected chi connectivity index (χ4v) is 4.53. The lowest BCUT2D eigenvalue weighted by atomic mass is 9.99. The summed E-state index contributed by atoms with van der Waals surface area (Å²) in [6.07, 6.45) is 20.5. The Balaban J connectivity index is 2.53. The highest BCUT2D eigenvalue weighted by molar-refractivity contribution is 5.70. The van der Waals surface area contributed by atoms with Gasteiger partial charge in [-0.1, -0.05) is 94.6 Å². The molecule has 1 fully saturated rings. The van der Waals surface area contributed by atoms with Crippen LogP contribution in [0.5, 0.6) is 0 Å². The van der Waals surface area contributed by atoms with Crippen LogP contribution >= 0.6 is 0 Å². The molecule has 6 atom stereocenters. The fourth-order valence-electron chi connectivity index (χ4n) is 4.53. The normalized spacial score (nSPS) is 23.0. The predicted molar refractivity (Wildman–Crippen MR) is 173 cm³/mol.